The van der Waals surface area contributed by atoms with Gasteiger partial charge in [-0.05, 0) is 25.5 Å². The van der Waals surface area contributed by atoms with Crippen molar-refractivity contribution < 1.29 is 8.78 Å². The van der Waals surface area contributed by atoms with Crippen LogP contribution < -0.4 is 5.32 Å². The average Bonchev–Trinajstić information content (AvgIpc) is 2.39. The van der Waals surface area contributed by atoms with Crippen LogP contribution in [0.4, 0.5) is 14.5 Å². The van der Waals surface area contributed by atoms with E-state index in [1.807, 2.05) is 6.92 Å². The molecule has 64 valence electrons. The van der Waals surface area contributed by atoms with Crippen molar-refractivity contribution in [1.29, 1.82) is 0 Å². The van der Waals surface area contributed by atoms with E-state index in [0.717, 1.165) is 11.8 Å². The molecular weight excluding hydrogens is 160 g/mol. The fraction of sp³-hybridized carbons (Fsp3) is 0.333. The Kier molecular flexibility index (Phi) is 1.53. The molecule has 0 amide bonds. The molecule has 1 unspecified atom stereocenters. The Bertz CT molecular complexity index is 323. The maximum absolute atomic E-state index is 13.1. The summed E-state index contributed by atoms with van der Waals surface area (Å²) in [4.78, 5) is 0. The van der Waals surface area contributed by atoms with Gasteiger partial charge in [0.25, 0.3) is 0 Å². The van der Waals surface area contributed by atoms with Gasteiger partial charge in [0.2, 0.25) is 0 Å². The van der Waals surface area contributed by atoms with E-state index in [-0.39, 0.29) is 6.04 Å². The van der Waals surface area contributed by atoms with Crippen molar-refractivity contribution in [2.45, 2.75) is 19.4 Å². The first kappa shape index (κ1) is 7.53. The molecule has 0 saturated heterocycles. The van der Waals surface area contributed by atoms with Crippen molar-refractivity contribution in [2.75, 3.05) is 5.32 Å². The van der Waals surface area contributed by atoms with E-state index < -0.39 is 11.6 Å². The van der Waals surface area contributed by atoms with E-state index in [9.17, 15) is 8.78 Å². The minimum Gasteiger partial charge on any atom is -0.382 e. The van der Waals surface area contributed by atoms with Crippen LogP contribution in [-0.2, 0) is 6.42 Å². The molecular formula is C9H9F2N. The van der Waals surface area contributed by atoms with Crippen molar-refractivity contribution >= 4 is 5.69 Å². The zero-order valence-corrected chi connectivity index (χ0v) is 6.70. The van der Waals surface area contributed by atoms with Crippen molar-refractivity contribution in [2.24, 2.45) is 0 Å². The summed E-state index contributed by atoms with van der Waals surface area (Å²) in [5.74, 6) is -1.46. The van der Waals surface area contributed by atoms with Crippen molar-refractivity contribution in [3.63, 3.8) is 0 Å². The highest BCUT2D eigenvalue weighted by Crippen LogP contribution is 2.28. The molecule has 0 radical (unpaired) electrons. The summed E-state index contributed by atoms with van der Waals surface area (Å²) in [5, 5.41) is 3.06. The number of benzene rings is 1. The zero-order chi connectivity index (χ0) is 8.72. The molecule has 0 saturated carbocycles. The lowest BCUT2D eigenvalue weighted by molar-refractivity contribution is 0.500. The minimum absolute atomic E-state index is 0.205. The summed E-state index contributed by atoms with van der Waals surface area (Å²) in [5.41, 5.74) is 1.20. The van der Waals surface area contributed by atoms with Gasteiger partial charge in [0, 0.05) is 17.3 Å². The zero-order valence-electron chi connectivity index (χ0n) is 6.70. The Labute approximate surface area is 69.4 Å². The van der Waals surface area contributed by atoms with Gasteiger partial charge in [0.15, 0.2) is 11.6 Å². The first-order chi connectivity index (χ1) is 5.68. The van der Waals surface area contributed by atoms with Crippen LogP contribution in [-0.4, -0.2) is 6.04 Å². The largest absolute Gasteiger partial charge is 0.382 e. The molecule has 1 N–H and O–H groups in total. The number of hydrogen-bond donors (Lipinski definition) is 1. The number of halogens is 2. The van der Waals surface area contributed by atoms with Crippen molar-refractivity contribution in [1.82, 2.24) is 0 Å². The Morgan fingerprint density at radius 1 is 1.42 bits per heavy atom. The molecule has 1 aliphatic rings. The molecule has 12 heavy (non-hydrogen) atoms. The highest BCUT2D eigenvalue weighted by Gasteiger charge is 2.21. The second kappa shape index (κ2) is 2.44. The maximum Gasteiger partial charge on any atom is 0.164 e. The topological polar surface area (TPSA) is 12.0 Å². The Balaban J connectivity index is 2.54. The van der Waals surface area contributed by atoms with Gasteiger partial charge in [-0.3, -0.25) is 0 Å². The molecule has 0 spiro atoms. The molecule has 0 fully saturated rings. The summed E-state index contributed by atoms with van der Waals surface area (Å²) in [6.07, 6.45) is 0.568. The van der Waals surface area contributed by atoms with Gasteiger partial charge < -0.3 is 5.32 Å². The van der Waals surface area contributed by atoms with Crippen LogP contribution >= 0.6 is 0 Å². The number of nitrogens with one attached hydrogen (secondary N) is 1. The van der Waals surface area contributed by atoms with E-state index in [4.69, 9.17) is 0 Å². The Morgan fingerprint density at radius 2 is 2.17 bits per heavy atom. The number of hydrogen-bond acceptors (Lipinski definition) is 1. The quantitative estimate of drug-likeness (QED) is 0.628. The molecule has 2 rings (SSSR count). The number of rotatable bonds is 0. The van der Waals surface area contributed by atoms with Crippen LogP contribution in [0, 0.1) is 11.6 Å². The first-order valence-electron chi connectivity index (χ1n) is 3.92. The molecule has 1 atom stereocenters. The van der Waals surface area contributed by atoms with Crippen LogP contribution in [0.25, 0.3) is 0 Å². The molecule has 0 aromatic heterocycles. The van der Waals surface area contributed by atoms with Gasteiger partial charge in [0.05, 0.1) is 0 Å². The van der Waals surface area contributed by atoms with E-state index in [0.29, 0.717) is 12.0 Å². The lowest BCUT2D eigenvalue weighted by Crippen LogP contribution is -2.08. The molecule has 1 aromatic carbocycles. The van der Waals surface area contributed by atoms with Gasteiger partial charge in [0.1, 0.15) is 0 Å². The van der Waals surface area contributed by atoms with Gasteiger partial charge in [-0.25, -0.2) is 8.78 Å². The molecule has 1 aliphatic heterocycles. The highest BCUT2D eigenvalue weighted by atomic mass is 19.2. The summed E-state index contributed by atoms with van der Waals surface area (Å²) >= 11 is 0. The number of anilines is 1. The third kappa shape index (κ3) is 0.967. The van der Waals surface area contributed by atoms with Crippen LogP contribution in [0.3, 0.4) is 0 Å². The van der Waals surface area contributed by atoms with Crippen LogP contribution in [0.2, 0.25) is 0 Å². The summed E-state index contributed by atoms with van der Waals surface area (Å²) < 4.78 is 25.8. The lowest BCUT2D eigenvalue weighted by atomic mass is 10.1. The third-order valence-corrected chi connectivity index (χ3v) is 2.11. The normalized spacial score (nSPS) is 20.4. The van der Waals surface area contributed by atoms with Gasteiger partial charge >= 0.3 is 0 Å². The molecule has 0 aliphatic carbocycles. The summed E-state index contributed by atoms with van der Waals surface area (Å²) in [7, 11) is 0. The highest BCUT2D eigenvalue weighted by molar-refractivity contribution is 5.57. The molecule has 1 aromatic rings. The van der Waals surface area contributed by atoms with E-state index >= 15 is 0 Å². The molecule has 0 bridgehead atoms. The van der Waals surface area contributed by atoms with Crippen LogP contribution in [0.1, 0.15) is 12.5 Å². The molecule has 1 heterocycles. The minimum atomic E-state index is -0.760. The maximum atomic E-state index is 13.1. The summed E-state index contributed by atoms with van der Waals surface area (Å²) in [6, 6.07) is 2.94. The lowest BCUT2D eigenvalue weighted by Gasteiger charge is -2.01. The Hall–Kier alpha value is -1.12. The average molecular weight is 169 g/mol. The second-order valence-corrected chi connectivity index (χ2v) is 3.14. The van der Waals surface area contributed by atoms with Gasteiger partial charge in [-0.15, -0.1) is 0 Å². The predicted octanol–water partition coefficient (Wildman–Crippen LogP) is 2.32. The molecule has 3 heteroatoms. The fourth-order valence-corrected chi connectivity index (χ4v) is 1.55. The smallest absolute Gasteiger partial charge is 0.164 e. The van der Waals surface area contributed by atoms with Gasteiger partial charge in [-0.1, -0.05) is 0 Å². The van der Waals surface area contributed by atoms with Crippen LogP contribution in [0.5, 0.6) is 0 Å². The monoisotopic (exact) mass is 169 g/mol. The second-order valence-electron chi connectivity index (χ2n) is 3.14. The van der Waals surface area contributed by atoms with Crippen LogP contribution in [0.15, 0.2) is 12.1 Å². The fourth-order valence-electron chi connectivity index (χ4n) is 1.55. The molecule has 1 nitrogen and oxygen atoms in total. The van der Waals surface area contributed by atoms with E-state index in [1.54, 1.807) is 6.07 Å². The third-order valence-electron chi connectivity index (χ3n) is 2.11. The summed E-state index contributed by atoms with van der Waals surface area (Å²) in [6.45, 7) is 1.94. The van der Waals surface area contributed by atoms with Crippen molar-refractivity contribution in [3.05, 3.63) is 29.3 Å². The first-order valence-corrected chi connectivity index (χ1v) is 3.92. The van der Waals surface area contributed by atoms with E-state index in [2.05, 4.69) is 5.32 Å². The standard InChI is InChI=1S/C9H9F2N/c1-5-4-6-8(12-5)3-2-7(10)9(6)11/h2-3,5,12H,4H2,1H3. The predicted molar refractivity (Wildman–Crippen MR) is 43.1 cm³/mol. The number of fused-ring (bicyclic) bond motifs is 1. The van der Waals surface area contributed by atoms with Crippen molar-refractivity contribution in [3.8, 4) is 0 Å². The Morgan fingerprint density at radius 3 is 2.92 bits per heavy atom. The van der Waals surface area contributed by atoms with Gasteiger partial charge in [-0.2, -0.15) is 0 Å². The SMILES string of the molecule is CC1Cc2c(ccc(F)c2F)N1. The van der Waals surface area contributed by atoms with E-state index in [1.165, 1.54) is 0 Å².